The summed E-state index contributed by atoms with van der Waals surface area (Å²) in [6.45, 7) is 4.67. The fourth-order valence-electron chi connectivity index (χ4n) is 3.05. The Morgan fingerprint density at radius 1 is 1.29 bits per heavy atom. The highest BCUT2D eigenvalue weighted by Crippen LogP contribution is 2.37. The second kappa shape index (κ2) is 4.19. The average Bonchev–Trinajstić information content (AvgIpc) is 2.73. The Morgan fingerprint density at radius 2 is 2.12 bits per heavy atom. The molecule has 0 saturated carbocycles. The van der Waals surface area contributed by atoms with Crippen molar-refractivity contribution in [1.29, 1.82) is 0 Å². The molecule has 1 aliphatic rings. The van der Waals surface area contributed by atoms with Crippen LogP contribution in [0.4, 0.5) is 0 Å². The van der Waals surface area contributed by atoms with Gasteiger partial charge in [-0.05, 0) is 25.9 Å². The molecule has 0 amide bonds. The van der Waals surface area contributed by atoms with Crippen LogP contribution in [0.25, 0.3) is 10.8 Å². The summed E-state index contributed by atoms with van der Waals surface area (Å²) in [4.78, 5) is 2.41. The first kappa shape index (κ1) is 10.8. The molecule has 1 aromatic carbocycles. The smallest absolute Gasteiger partial charge is 0.115 e. The average molecular weight is 229 g/mol. The summed E-state index contributed by atoms with van der Waals surface area (Å²) in [7, 11) is 2.20. The maximum Gasteiger partial charge on any atom is 0.115 e. The van der Waals surface area contributed by atoms with Gasteiger partial charge in [-0.1, -0.05) is 31.2 Å². The highest BCUT2D eigenvalue weighted by molar-refractivity contribution is 5.84. The summed E-state index contributed by atoms with van der Waals surface area (Å²) >= 11 is 0. The third kappa shape index (κ3) is 1.87. The second-order valence-electron chi connectivity index (χ2n) is 5.32. The fraction of sp³-hybridized carbons (Fsp3) is 0.467. The lowest BCUT2D eigenvalue weighted by Gasteiger charge is -2.33. The van der Waals surface area contributed by atoms with Crippen molar-refractivity contribution in [3.8, 4) is 0 Å². The normalized spacial score (nSPS) is 26.5. The van der Waals surface area contributed by atoms with Crippen molar-refractivity contribution in [3.63, 3.8) is 0 Å². The van der Waals surface area contributed by atoms with Crippen LogP contribution >= 0.6 is 0 Å². The van der Waals surface area contributed by atoms with Crippen molar-refractivity contribution in [3.05, 3.63) is 36.3 Å². The Hall–Kier alpha value is -1.28. The zero-order valence-electron chi connectivity index (χ0n) is 10.5. The molecule has 1 aromatic heterocycles. The Morgan fingerprint density at radius 3 is 2.94 bits per heavy atom. The number of fused-ring (bicyclic) bond motifs is 1. The minimum absolute atomic E-state index is 0.575. The Labute approximate surface area is 102 Å². The van der Waals surface area contributed by atoms with E-state index in [1.54, 1.807) is 0 Å². The summed E-state index contributed by atoms with van der Waals surface area (Å²) in [6, 6.07) is 8.47. The van der Waals surface area contributed by atoms with Crippen LogP contribution in [-0.4, -0.2) is 25.0 Å². The van der Waals surface area contributed by atoms with E-state index in [0.29, 0.717) is 11.8 Å². The number of hydrogen-bond donors (Lipinski definition) is 0. The number of furan rings is 1. The quantitative estimate of drug-likeness (QED) is 0.744. The summed E-state index contributed by atoms with van der Waals surface area (Å²) in [5.74, 6) is 2.44. The molecule has 17 heavy (non-hydrogen) atoms. The van der Waals surface area contributed by atoms with Crippen molar-refractivity contribution >= 4 is 10.8 Å². The van der Waals surface area contributed by atoms with Gasteiger partial charge in [-0.2, -0.15) is 0 Å². The Kier molecular flexibility index (Phi) is 2.67. The molecular weight excluding hydrogens is 210 g/mol. The van der Waals surface area contributed by atoms with Gasteiger partial charge in [-0.15, -0.1) is 0 Å². The van der Waals surface area contributed by atoms with Crippen LogP contribution in [-0.2, 0) is 0 Å². The third-order valence-corrected chi connectivity index (χ3v) is 3.98. The highest BCUT2D eigenvalue weighted by atomic mass is 16.3. The summed E-state index contributed by atoms with van der Waals surface area (Å²) in [5, 5.41) is 2.53. The first-order chi connectivity index (χ1) is 8.25. The molecular formula is C15H19NO. The SMILES string of the molecule is CC1CN(C)CCC1c1occ2ccccc12. The molecule has 1 aliphatic heterocycles. The van der Waals surface area contributed by atoms with Crippen molar-refractivity contribution in [2.75, 3.05) is 20.1 Å². The van der Waals surface area contributed by atoms with Crippen LogP contribution in [0.5, 0.6) is 0 Å². The predicted molar refractivity (Wildman–Crippen MR) is 70.2 cm³/mol. The molecule has 0 bridgehead atoms. The molecule has 90 valence electrons. The van der Waals surface area contributed by atoms with Crippen molar-refractivity contribution in [2.24, 2.45) is 5.92 Å². The van der Waals surface area contributed by atoms with Crippen molar-refractivity contribution in [2.45, 2.75) is 19.3 Å². The lowest BCUT2D eigenvalue weighted by molar-refractivity contribution is 0.183. The molecule has 2 nitrogen and oxygen atoms in total. The largest absolute Gasteiger partial charge is 0.468 e. The minimum Gasteiger partial charge on any atom is -0.468 e. The van der Waals surface area contributed by atoms with Crippen LogP contribution in [0.1, 0.15) is 25.0 Å². The van der Waals surface area contributed by atoms with Gasteiger partial charge in [0.2, 0.25) is 0 Å². The molecule has 2 heterocycles. The molecule has 1 saturated heterocycles. The van der Waals surface area contributed by atoms with Gasteiger partial charge in [0.25, 0.3) is 0 Å². The van der Waals surface area contributed by atoms with E-state index in [2.05, 4.69) is 43.1 Å². The number of benzene rings is 1. The van der Waals surface area contributed by atoms with Crippen LogP contribution in [0.2, 0.25) is 0 Å². The second-order valence-corrected chi connectivity index (χ2v) is 5.32. The number of likely N-dealkylation sites (tertiary alicyclic amines) is 1. The fourth-order valence-corrected chi connectivity index (χ4v) is 3.05. The lowest BCUT2D eigenvalue weighted by Crippen LogP contribution is -2.35. The maximum absolute atomic E-state index is 5.84. The number of piperidine rings is 1. The van der Waals surface area contributed by atoms with Crippen LogP contribution in [0.3, 0.4) is 0 Å². The predicted octanol–water partition coefficient (Wildman–Crippen LogP) is 3.49. The molecule has 0 spiro atoms. The topological polar surface area (TPSA) is 16.4 Å². The van der Waals surface area contributed by atoms with E-state index in [0.717, 1.165) is 0 Å². The van der Waals surface area contributed by atoms with Gasteiger partial charge in [-0.25, -0.2) is 0 Å². The minimum atomic E-state index is 0.575. The molecule has 2 unspecified atom stereocenters. The lowest BCUT2D eigenvalue weighted by atomic mass is 9.84. The molecule has 2 atom stereocenters. The summed E-state index contributed by atoms with van der Waals surface area (Å²) in [6.07, 6.45) is 3.10. The van der Waals surface area contributed by atoms with Crippen LogP contribution < -0.4 is 0 Å². The van der Waals surface area contributed by atoms with E-state index in [-0.39, 0.29) is 0 Å². The monoisotopic (exact) mass is 229 g/mol. The van der Waals surface area contributed by atoms with Gasteiger partial charge >= 0.3 is 0 Å². The molecule has 0 aliphatic carbocycles. The highest BCUT2D eigenvalue weighted by Gasteiger charge is 2.28. The molecule has 2 heteroatoms. The zero-order valence-corrected chi connectivity index (χ0v) is 10.5. The standard InChI is InChI=1S/C15H19NO/c1-11-9-16(2)8-7-13(11)15-14-6-4-3-5-12(14)10-17-15/h3-6,10-11,13H,7-9H2,1-2H3. The Balaban J connectivity index is 1.98. The molecule has 2 aromatic rings. The van der Waals surface area contributed by atoms with E-state index >= 15 is 0 Å². The van der Waals surface area contributed by atoms with E-state index in [9.17, 15) is 0 Å². The zero-order chi connectivity index (χ0) is 11.8. The van der Waals surface area contributed by atoms with Gasteiger partial charge in [0.05, 0.1) is 6.26 Å². The van der Waals surface area contributed by atoms with Crippen LogP contribution in [0.15, 0.2) is 34.9 Å². The number of nitrogens with zero attached hydrogens (tertiary/aromatic N) is 1. The van der Waals surface area contributed by atoms with Crippen molar-refractivity contribution in [1.82, 2.24) is 4.90 Å². The van der Waals surface area contributed by atoms with E-state index in [1.165, 1.54) is 36.0 Å². The first-order valence-corrected chi connectivity index (χ1v) is 6.40. The van der Waals surface area contributed by atoms with Crippen LogP contribution in [0, 0.1) is 5.92 Å². The maximum atomic E-state index is 5.84. The van der Waals surface area contributed by atoms with Crippen molar-refractivity contribution < 1.29 is 4.42 Å². The van der Waals surface area contributed by atoms with Gasteiger partial charge < -0.3 is 9.32 Å². The molecule has 1 fully saturated rings. The van der Waals surface area contributed by atoms with Gasteiger partial charge in [-0.3, -0.25) is 0 Å². The Bertz CT molecular complexity index is 516. The van der Waals surface area contributed by atoms with Gasteiger partial charge in [0.1, 0.15) is 5.76 Å². The molecule has 0 radical (unpaired) electrons. The number of hydrogen-bond acceptors (Lipinski definition) is 2. The van der Waals surface area contributed by atoms with E-state index in [1.807, 2.05) is 6.26 Å². The molecule has 0 N–H and O–H groups in total. The van der Waals surface area contributed by atoms with E-state index in [4.69, 9.17) is 4.42 Å². The van der Waals surface area contributed by atoms with E-state index < -0.39 is 0 Å². The number of rotatable bonds is 1. The first-order valence-electron chi connectivity index (χ1n) is 6.40. The molecule has 3 rings (SSSR count). The summed E-state index contributed by atoms with van der Waals surface area (Å²) < 4.78 is 5.84. The van der Waals surface area contributed by atoms with Gasteiger partial charge in [0, 0.05) is 23.2 Å². The summed E-state index contributed by atoms with van der Waals surface area (Å²) in [5.41, 5.74) is 0. The van der Waals surface area contributed by atoms with Gasteiger partial charge in [0.15, 0.2) is 0 Å². The third-order valence-electron chi connectivity index (χ3n) is 3.98.